The molecule has 2 aromatic carbocycles. The maximum Gasteiger partial charge on any atom is 0.255 e. The first-order valence-electron chi connectivity index (χ1n) is 5.92. The number of aryl methyl sites for hydroxylation is 1. The maximum atomic E-state index is 12.3. The first-order valence-corrected chi connectivity index (χ1v) is 7.51. The molecule has 0 saturated heterocycles. The Morgan fingerprint density at radius 3 is 2.55 bits per heavy atom. The number of halogens is 2. The fraction of sp³-hybridized carbons (Fsp3) is 0.133. The second-order valence-corrected chi connectivity index (χ2v) is 6.03. The summed E-state index contributed by atoms with van der Waals surface area (Å²) in [6, 6.07) is 11.0. The van der Waals surface area contributed by atoms with Gasteiger partial charge in [0.1, 0.15) is 5.75 Å². The first kappa shape index (κ1) is 15.1. The van der Waals surface area contributed by atoms with Gasteiger partial charge in [-0.15, -0.1) is 0 Å². The third kappa shape index (κ3) is 3.41. The van der Waals surface area contributed by atoms with Crippen molar-refractivity contribution >= 4 is 43.5 Å². The summed E-state index contributed by atoms with van der Waals surface area (Å²) >= 11 is 6.77. The van der Waals surface area contributed by atoms with Crippen LogP contribution in [0.25, 0.3) is 0 Å². The highest BCUT2D eigenvalue weighted by Crippen LogP contribution is 2.28. The minimum atomic E-state index is -0.138. The summed E-state index contributed by atoms with van der Waals surface area (Å²) < 4.78 is 6.83. The second kappa shape index (κ2) is 6.41. The standard InChI is InChI=1S/C15H13Br2NO2/c1-9-3-4-10(16)7-12(9)15(19)18-11-5-6-14(20-2)13(17)8-11/h3-8H,1-2H3,(H,18,19). The highest BCUT2D eigenvalue weighted by molar-refractivity contribution is 9.10. The molecule has 0 radical (unpaired) electrons. The predicted molar refractivity (Wildman–Crippen MR) is 87.5 cm³/mol. The Labute approximate surface area is 134 Å². The Kier molecular flexibility index (Phi) is 4.83. The lowest BCUT2D eigenvalue weighted by Gasteiger charge is -2.10. The minimum Gasteiger partial charge on any atom is -0.496 e. The fourth-order valence-electron chi connectivity index (χ4n) is 1.78. The van der Waals surface area contributed by atoms with Crippen LogP contribution in [-0.2, 0) is 0 Å². The number of ether oxygens (including phenoxy) is 1. The largest absolute Gasteiger partial charge is 0.496 e. The van der Waals surface area contributed by atoms with Crippen LogP contribution in [0.5, 0.6) is 5.75 Å². The van der Waals surface area contributed by atoms with Crippen molar-refractivity contribution in [3.63, 3.8) is 0 Å². The van der Waals surface area contributed by atoms with Crippen molar-refractivity contribution in [2.75, 3.05) is 12.4 Å². The number of hydrogen-bond acceptors (Lipinski definition) is 2. The Bertz CT molecular complexity index is 656. The number of nitrogens with one attached hydrogen (secondary N) is 1. The highest BCUT2D eigenvalue weighted by Gasteiger charge is 2.11. The maximum absolute atomic E-state index is 12.3. The van der Waals surface area contributed by atoms with Gasteiger partial charge >= 0.3 is 0 Å². The average Bonchev–Trinajstić information content (AvgIpc) is 2.41. The van der Waals surface area contributed by atoms with Gasteiger partial charge < -0.3 is 10.1 Å². The van der Waals surface area contributed by atoms with E-state index in [-0.39, 0.29) is 5.91 Å². The summed E-state index contributed by atoms with van der Waals surface area (Å²) in [5, 5.41) is 2.87. The molecule has 0 fully saturated rings. The molecule has 1 amide bonds. The summed E-state index contributed by atoms with van der Waals surface area (Å²) in [5.41, 5.74) is 2.28. The van der Waals surface area contributed by atoms with E-state index in [1.54, 1.807) is 19.2 Å². The molecule has 0 unspecified atom stereocenters. The molecule has 0 heterocycles. The Morgan fingerprint density at radius 1 is 1.15 bits per heavy atom. The molecule has 2 rings (SSSR count). The zero-order valence-corrected chi connectivity index (χ0v) is 14.2. The molecule has 0 atom stereocenters. The SMILES string of the molecule is COc1ccc(NC(=O)c2cc(Br)ccc2C)cc1Br. The van der Waals surface area contributed by atoms with Crippen molar-refractivity contribution in [1.29, 1.82) is 0 Å². The molecule has 1 N–H and O–H groups in total. The molecule has 20 heavy (non-hydrogen) atoms. The third-order valence-corrected chi connectivity index (χ3v) is 3.97. The summed E-state index contributed by atoms with van der Waals surface area (Å²) in [6.07, 6.45) is 0. The number of amides is 1. The van der Waals surface area contributed by atoms with E-state index >= 15 is 0 Å². The summed E-state index contributed by atoms with van der Waals surface area (Å²) in [7, 11) is 1.60. The Hall–Kier alpha value is -1.33. The predicted octanol–water partition coefficient (Wildman–Crippen LogP) is 4.78. The number of benzene rings is 2. The number of anilines is 1. The van der Waals surface area contributed by atoms with Crippen molar-refractivity contribution in [2.24, 2.45) is 0 Å². The van der Waals surface area contributed by atoms with Crippen LogP contribution in [0.15, 0.2) is 45.3 Å². The van der Waals surface area contributed by atoms with Crippen LogP contribution in [0, 0.1) is 6.92 Å². The lowest BCUT2D eigenvalue weighted by atomic mass is 10.1. The molecular formula is C15H13Br2NO2. The van der Waals surface area contributed by atoms with Crippen LogP contribution in [0.3, 0.4) is 0 Å². The molecule has 0 spiro atoms. The molecule has 0 aliphatic carbocycles. The van der Waals surface area contributed by atoms with Crippen molar-refractivity contribution < 1.29 is 9.53 Å². The fourth-order valence-corrected chi connectivity index (χ4v) is 2.68. The van der Waals surface area contributed by atoms with E-state index in [0.29, 0.717) is 11.3 Å². The quantitative estimate of drug-likeness (QED) is 0.807. The van der Waals surface area contributed by atoms with E-state index in [1.165, 1.54) is 0 Å². The van der Waals surface area contributed by atoms with E-state index in [9.17, 15) is 4.79 Å². The molecule has 0 aliphatic rings. The number of carbonyl (C=O) groups is 1. The van der Waals surface area contributed by atoms with Crippen molar-refractivity contribution in [3.8, 4) is 5.75 Å². The number of methoxy groups -OCH3 is 1. The van der Waals surface area contributed by atoms with Gasteiger partial charge in [0.05, 0.1) is 11.6 Å². The van der Waals surface area contributed by atoms with Crippen LogP contribution in [-0.4, -0.2) is 13.0 Å². The Balaban J connectivity index is 2.23. The van der Waals surface area contributed by atoms with Crippen LogP contribution in [0.2, 0.25) is 0 Å². The Morgan fingerprint density at radius 2 is 1.90 bits per heavy atom. The van der Waals surface area contributed by atoms with Gasteiger partial charge in [-0.1, -0.05) is 22.0 Å². The van der Waals surface area contributed by atoms with Gasteiger partial charge in [-0.05, 0) is 58.7 Å². The van der Waals surface area contributed by atoms with Crippen LogP contribution in [0.4, 0.5) is 5.69 Å². The van der Waals surface area contributed by atoms with Crippen molar-refractivity contribution in [2.45, 2.75) is 6.92 Å². The molecule has 104 valence electrons. The van der Waals surface area contributed by atoms with E-state index < -0.39 is 0 Å². The number of rotatable bonds is 3. The smallest absolute Gasteiger partial charge is 0.255 e. The van der Waals surface area contributed by atoms with E-state index in [4.69, 9.17) is 4.74 Å². The van der Waals surface area contributed by atoms with Crippen LogP contribution < -0.4 is 10.1 Å². The van der Waals surface area contributed by atoms with Crippen LogP contribution in [0.1, 0.15) is 15.9 Å². The summed E-state index contributed by atoms with van der Waals surface area (Å²) in [6.45, 7) is 1.91. The van der Waals surface area contributed by atoms with Gasteiger partial charge in [0.2, 0.25) is 0 Å². The minimum absolute atomic E-state index is 0.138. The van der Waals surface area contributed by atoms with Gasteiger partial charge in [-0.25, -0.2) is 0 Å². The highest BCUT2D eigenvalue weighted by atomic mass is 79.9. The number of carbonyl (C=O) groups excluding carboxylic acids is 1. The summed E-state index contributed by atoms with van der Waals surface area (Å²) in [5.74, 6) is 0.586. The molecule has 0 aromatic heterocycles. The monoisotopic (exact) mass is 397 g/mol. The zero-order valence-electron chi connectivity index (χ0n) is 11.0. The molecule has 2 aromatic rings. The van der Waals surface area contributed by atoms with E-state index in [2.05, 4.69) is 37.2 Å². The second-order valence-electron chi connectivity index (χ2n) is 4.26. The molecular weight excluding hydrogens is 386 g/mol. The molecule has 0 aliphatic heterocycles. The van der Waals surface area contributed by atoms with Crippen molar-refractivity contribution in [3.05, 3.63) is 56.5 Å². The average molecular weight is 399 g/mol. The normalized spacial score (nSPS) is 10.2. The van der Waals surface area contributed by atoms with E-state index in [1.807, 2.05) is 31.2 Å². The first-order chi connectivity index (χ1) is 9.51. The third-order valence-electron chi connectivity index (χ3n) is 2.85. The lowest BCUT2D eigenvalue weighted by molar-refractivity contribution is 0.102. The van der Waals surface area contributed by atoms with E-state index in [0.717, 1.165) is 20.3 Å². The van der Waals surface area contributed by atoms with Gasteiger partial charge in [-0.2, -0.15) is 0 Å². The van der Waals surface area contributed by atoms with Gasteiger partial charge in [0.25, 0.3) is 5.91 Å². The van der Waals surface area contributed by atoms with Gasteiger partial charge in [-0.3, -0.25) is 4.79 Å². The topological polar surface area (TPSA) is 38.3 Å². The molecule has 0 saturated carbocycles. The van der Waals surface area contributed by atoms with Gasteiger partial charge in [0, 0.05) is 15.7 Å². The lowest BCUT2D eigenvalue weighted by Crippen LogP contribution is -2.13. The van der Waals surface area contributed by atoms with Gasteiger partial charge in [0.15, 0.2) is 0 Å². The molecule has 3 nitrogen and oxygen atoms in total. The molecule has 0 bridgehead atoms. The zero-order chi connectivity index (χ0) is 14.7. The summed E-state index contributed by atoms with van der Waals surface area (Å²) in [4.78, 5) is 12.3. The molecule has 5 heteroatoms. The number of hydrogen-bond donors (Lipinski definition) is 1. The van der Waals surface area contributed by atoms with Crippen LogP contribution >= 0.6 is 31.9 Å². The van der Waals surface area contributed by atoms with Crippen molar-refractivity contribution in [1.82, 2.24) is 0 Å².